The molecule has 2 aromatic carbocycles. The first-order valence-corrected chi connectivity index (χ1v) is 9.29. The van der Waals surface area contributed by atoms with Crippen LogP contribution in [0, 0.1) is 6.92 Å². The van der Waals surface area contributed by atoms with E-state index in [0.717, 1.165) is 11.1 Å². The second-order valence-electron chi connectivity index (χ2n) is 6.32. The van der Waals surface area contributed by atoms with Gasteiger partial charge in [0, 0.05) is 18.1 Å². The lowest BCUT2D eigenvalue weighted by Gasteiger charge is -2.28. The van der Waals surface area contributed by atoms with Crippen LogP contribution in [0.25, 0.3) is 0 Å². The Morgan fingerprint density at radius 1 is 1.19 bits per heavy atom. The Labute approximate surface area is 165 Å². The van der Waals surface area contributed by atoms with Gasteiger partial charge in [-0.05, 0) is 56.2 Å². The maximum absolute atomic E-state index is 12.8. The third kappa shape index (κ3) is 6.29. The van der Waals surface area contributed by atoms with Gasteiger partial charge in [0.15, 0.2) is 6.61 Å². The number of aryl methyl sites for hydroxylation is 1. The molecule has 27 heavy (non-hydrogen) atoms. The SMILES string of the molecule is CCNC(=O)[C@@H](C)N(Cc1ccc(Cl)cc1)C(=O)COc1cccc(C)c1. The Kier molecular flexibility index (Phi) is 7.67. The molecule has 0 spiro atoms. The van der Waals surface area contributed by atoms with Gasteiger partial charge in [-0.15, -0.1) is 0 Å². The average molecular weight is 389 g/mol. The number of ether oxygens (including phenoxy) is 1. The lowest BCUT2D eigenvalue weighted by molar-refractivity contribution is -0.142. The largest absolute Gasteiger partial charge is 0.484 e. The molecule has 0 saturated carbocycles. The van der Waals surface area contributed by atoms with Gasteiger partial charge in [-0.2, -0.15) is 0 Å². The molecule has 0 heterocycles. The van der Waals surface area contributed by atoms with Crippen molar-refractivity contribution in [2.75, 3.05) is 13.2 Å². The average Bonchev–Trinajstić information content (AvgIpc) is 2.65. The minimum absolute atomic E-state index is 0.138. The van der Waals surface area contributed by atoms with Crippen LogP contribution in [-0.2, 0) is 16.1 Å². The standard InChI is InChI=1S/C21H25ClN2O3/c1-4-23-21(26)16(3)24(13-17-8-10-18(22)11-9-17)20(25)14-27-19-7-5-6-15(2)12-19/h5-12,16H,4,13-14H2,1-3H3,(H,23,26)/t16-/m1/s1. The number of halogens is 1. The molecule has 0 radical (unpaired) electrons. The number of likely N-dealkylation sites (N-methyl/N-ethyl adjacent to an activating group) is 1. The van der Waals surface area contributed by atoms with Crippen molar-refractivity contribution in [3.63, 3.8) is 0 Å². The van der Waals surface area contributed by atoms with Crippen LogP contribution < -0.4 is 10.1 Å². The van der Waals surface area contributed by atoms with E-state index in [1.165, 1.54) is 4.90 Å². The van der Waals surface area contributed by atoms with Gasteiger partial charge in [0.2, 0.25) is 5.91 Å². The summed E-state index contributed by atoms with van der Waals surface area (Å²) in [7, 11) is 0. The van der Waals surface area contributed by atoms with E-state index in [0.29, 0.717) is 23.9 Å². The van der Waals surface area contributed by atoms with Gasteiger partial charge in [0.1, 0.15) is 11.8 Å². The highest BCUT2D eigenvalue weighted by atomic mass is 35.5. The van der Waals surface area contributed by atoms with Crippen LogP contribution >= 0.6 is 11.6 Å². The molecular formula is C21H25ClN2O3. The fourth-order valence-electron chi connectivity index (χ4n) is 2.62. The van der Waals surface area contributed by atoms with Crippen LogP contribution in [0.2, 0.25) is 5.02 Å². The molecule has 1 atom stereocenters. The van der Waals surface area contributed by atoms with E-state index in [2.05, 4.69) is 5.32 Å². The zero-order chi connectivity index (χ0) is 19.8. The summed E-state index contributed by atoms with van der Waals surface area (Å²) >= 11 is 5.93. The van der Waals surface area contributed by atoms with Crippen molar-refractivity contribution < 1.29 is 14.3 Å². The number of benzene rings is 2. The summed E-state index contributed by atoms with van der Waals surface area (Å²) in [5.41, 5.74) is 1.94. The normalized spacial score (nSPS) is 11.6. The molecule has 2 amide bonds. The van der Waals surface area contributed by atoms with Gasteiger partial charge < -0.3 is 15.0 Å². The minimum Gasteiger partial charge on any atom is -0.484 e. The molecule has 0 fully saturated rings. The molecular weight excluding hydrogens is 364 g/mol. The minimum atomic E-state index is -0.616. The molecule has 0 aliphatic carbocycles. The van der Waals surface area contributed by atoms with Crippen LogP contribution in [0.5, 0.6) is 5.75 Å². The summed E-state index contributed by atoms with van der Waals surface area (Å²) in [6.07, 6.45) is 0. The summed E-state index contributed by atoms with van der Waals surface area (Å²) < 4.78 is 5.63. The third-order valence-corrected chi connectivity index (χ3v) is 4.39. The predicted octanol–water partition coefficient (Wildman–Crippen LogP) is 3.58. The van der Waals surface area contributed by atoms with Gasteiger partial charge in [0.25, 0.3) is 5.91 Å². The van der Waals surface area contributed by atoms with Crippen molar-refractivity contribution in [1.82, 2.24) is 10.2 Å². The summed E-state index contributed by atoms with van der Waals surface area (Å²) in [6, 6.07) is 14.1. The third-order valence-electron chi connectivity index (χ3n) is 4.14. The summed E-state index contributed by atoms with van der Waals surface area (Å²) in [4.78, 5) is 26.6. The fraction of sp³-hybridized carbons (Fsp3) is 0.333. The maximum Gasteiger partial charge on any atom is 0.261 e. The Morgan fingerprint density at radius 2 is 1.89 bits per heavy atom. The number of carbonyl (C=O) groups is 2. The van der Waals surface area contributed by atoms with Crippen molar-refractivity contribution in [2.24, 2.45) is 0 Å². The van der Waals surface area contributed by atoms with Crippen LogP contribution in [0.1, 0.15) is 25.0 Å². The first kappa shape index (κ1) is 20.8. The highest BCUT2D eigenvalue weighted by Crippen LogP contribution is 2.16. The number of nitrogens with zero attached hydrogens (tertiary/aromatic N) is 1. The van der Waals surface area contributed by atoms with Gasteiger partial charge in [-0.1, -0.05) is 35.9 Å². The topological polar surface area (TPSA) is 58.6 Å². The molecule has 0 aliphatic rings. The summed E-state index contributed by atoms with van der Waals surface area (Å²) in [5.74, 6) is 0.168. The van der Waals surface area contributed by atoms with Gasteiger partial charge in [-0.3, -0.25) is 9.59 Å². The lowest BCUT2D eigenvalue weighted by atomic mass is 10.1. The number of nitrogens with one attached hydrogen (secondary N) is 1. The van der Waals surface area contributed by atoms with Crippen LogP contribution in [-0.4, -0.2) is 35.9 Å². The van der Waals surface area contributed by atoms with E-state index in [4.69, 9.17) is 16.3 Å². The molecule has 0 unspecified atom stereocenters. The van der Waals surface area contributed by atoms with E-state index < -0.39 is 6.04 Å². The molecule has 2 aromatic rings. The van der Waals surface area contributed by atoms with Crippen molar-refractivity contribution >= 4 is 23.4 Å². The predicted molar refractivity (Wildman–Crippen MR) is 107 cm³/mol. The highest BCUT2D eigenvalue weighted by molar-refractivity contribution is 6.30. The second-order valence-corrected chi connectivity index (χ2v) is 6.76. The zero-order valence-corrected chi connectivity index (χ0v) is 16.6. The molecule has 5 nitrogen and oxygen atoms in total. The summed E-state index contributed by atoms with van der Waals surface area (Å²) in [6.45, 7) is 6.18. The highest BCUT2D eigenvalue weighted by Gasteiger charge is 2.26. The number of rotatable bonds is 8. The number of amides is 2. The van der Waals surface area contributed by atoms with Gasteiger partial charge in [-0.25, -0.2) is 0 Å². The van der Waals surface area contributed by atoms with Crippen LogP contribution in [0.15, 0.2) is 48.5 Å². The van der Waals surface area contributed by atoms with Crippen molar-refractivity contribution in [1.29, 1.82) is 0 Å². The Bertz CT molecular complexity index is 777. The molecule has 0 aromatic heterocycles. The molecule has 0 saturated heterocycles. The number of hydrogen-bond donors (Lipinski definition) is 1. The monoisotopic (exact) mass is 388 g/mol. The van der Waals surface area contributed by atoms with E-state index >= 15 is 0 Å². The fourth-order valence-corrected chi connectivity index (χ4v) is 2.75. The van der Waals surface area contributed by atoms with Crippen LogP contribution in [0.4, 0.5) is 0 Å². The molecule has 144 valence electrons. The first-order chi connectivity index (χ1) is 12.9. The Balaban J connectivity index is 2.12. The first-order valence-electron chi connectivity index (χ1n) is 8.91. The van der Waals surface area contributed by atoms with E-state index in [1.807, 2.05) is 44.2 Å². The van der Waals surface area contributed by atoms with Gasteiger partial charge >= 0.3 is 0 Å². The molecule has 2 rings (SSSR count). The second kappa shape index (κ2) is 9.97. The summed E-state index contributed by atoms with van der Waals surface area (Å²) in [5, 5.41) is 3.38. The van der Waals surface area contributed by atoms with Crippen molar-refractivity contribution in [3.05, 3.63) is 64.7 Å². The molecule has 1 N–H and O–H groups in total. The van der Waals surface area contributed by atoms with E-state index in [1.54, 1.807) is 25.1 Å². The number of hydrogen-bond acceptors (Lipinski definition) is 3. The van der Waals surface area contributed by atoms with Crippen LogP contribution in [0.3, 0.4) is 0 Å². The zero-order valence-electron chi connectivity index (χ0n) is 15.9. The smallest absolute Gasteiger partial charge is 0.261 e. The van der Waals surface area contributed by atoms with Crippen molar-refractivity contribution in [3.8, 4) is 5.75 Å². The van der Waals surface area contributed by atoms with E-state index in [-0.39, 0.29) is 18.4 Å². The van der Waals surface area contributed by atoms with E-state index in [9.17, 15) is 9.59 Å². The van der Waals surface area contributed by atoms with Gasteiger partial charge in [0.05, 0.1) is 0 Å². The molecule has 0 aliphatic heterocycles. The molecule has 0 bridgehead atoms. The van der Waals surface area contributed by atoms with Crippen molar-refractivity contribution in [2.45, 2.75) is 33.4 Å². The maximum atomic E-state index is 12.8. The molecule has 6 heteroatoms. The Morgan fingerprint density at radius 3 is 2.52 bits per heavy atom. The number of carbonyl (C=O) groups excluding carboxylic acids is 2. The lowest BCUT2D eigenvalue weighted by Crippen LogP contribution is -2.49. The Hall–Kier alpha value is -2.53. The quantitative estimate of drug-likeness (QED) is 0.751.